The highest BCUT2D eigenvalue weighted by Gasteiger charge is 2.20. The fraction of sp³-hybridized carbons (Fsp3) is 0.280. The van der Waals surface area contributed by atoms with E-state index in [0.717, 1.165) is 16.3 Å². The zero-order chi connectivity index (χ0) is 25.2. The molecule has 1 unspecified atom stereocenters. The van der Waals surface area contributed by atoms with Gasteiger partial charge in [-0.05, 0) is 62.8 Å². The van der Waals surface area contributed by atoms with Crippen molar-refractivity contribution >= 4 is 68.8 Å². The molecule has 1 amide bonds. The van der Waals surface area contributed by atoms with E-state index in [0.29, 0.717) is 29.0 Å². The van der Waals surface area contributed by atoms with E-state index in [-0.39, 0.29) is 23.5 Å². The van der Waals surface area contributed by atoms with Crippen molar-refractivity contribution in [2.24, 2.45) is 0 Å². The second kappa shape index (κ2) is 13.2. The van der Waals surface area contributed by atoms with E-state index in [1.54, 1.807) is 12.3 Å². The number of thiocarbonyl (C=S) groups is 1. The molecule has 7 nitrogen and oxygen atoms in total. The standard InChI is InChI=1S/C25H28N4O3S3/c1-4-21(23(31)29-25-28-19(15-34-25)14-22(30)32-5-2)35-20-8-6-7-18(13-20)27-24(33)26-17-11-9-16(3)10-12-17/h6-13,15,21H,4-5,14H2,1-3H3,(H2,26,27,33)(H,28,29,31). The second-order valence-electron chi connectivity index (χ2n) is 7.60. The SMILES string of the molecule is CCOC(=O)Cc1csc(NC(=O)C(CC)Sc2cccc(NC(=S)Nc3ccc(C)cc3)c2)n1. The van der Waals surface area contributed by atoms with Crippen LogP contribution in [0.25, 0.3) is 0 Å². The molecular formula is C25H28N4O3S3. The Morgan fingerprint density at radius 3 is 2.54 bits per heavy atom. The molecule has 0 fully saturated rings. The highest BCUT2D eigenvalue weighted by molar-refractivity contribution is 8.00. The third kappa shape index (κ3) is 8.65. The zero-order valence-electron chi connectivity index (χ0n) is 19.8. The summed E-state index contributed by atoms with van der Waals surface area (Å²) in [6.07, 6.45) is 0.731. The highest BCUT2D eigenvalue weighted by atomic mass is 32.2. The molecule has 2 aromatic carbocycles. The van der Waals surface area contributed by atoms with Gasteiger partial charge in [-0.25, -0.2) is 4.98 Å². The number of aromatic nitrogens is 1. The highest BCUT2D eigenvalue weighted by Crippen LogP contribution is 2.29. The number of ether oxygens (including phenoxy) is 1. The fourth-order valence-corrected chi connectivity index (χ4v) is 5.02. The minimum absolute atomic E-state index is 0.0899. The quantitative estimate of drug-likeness (QED) is 0.171. The molecule has 184 valence electrons. The minimum Gasteiger partial charge on any atom is -0.466 e. The molecule has 10 heteroatoms. The number of aryl methyl sites for hydroxylation is 1. The third-order valence-electron chi connectivity index (χ3n) is 4.76. The van der Waals surface area contributed by atoms with Gasteiger partial charge < -0.3 is 20.7 Å². The number of nitrogens with one attached hydrogen (secondary N) is 3. The van der Waals surface area contributed by atoms with E-state index < -0.39 is 0 Å². The van der Waals surface area contributed by atoms with Crippen LogP contribution in [0.15, 0.2) is 58.8 Å². The van der Waals surface area contributed by atoms with Crippen molar-refractivity contribution in [1.29, 1.82) is 0 Å². The first-order valence-corrected chi connectivity index (χ1v) is 13.3. The molecule has 0 aliphatic rings. The summed E-state index contributed by atoms with van der Waals surface area (Å²) < 4.78 is 4.94. The molecule has 1 atom stereocenters. The molecule has 0 bridgehead atoms. The maximum absolute atomic E-state index is 12.9. The van der Waals surface area contributed by atoms with Gasteiger partial charge in [0.1, 0.15) is 0 Å². The molecule has 3 rings (SSSR count). The number of carbonyl (C=O) groups excluding carboxylic acids is 2. The maximum atomic E-state index is 12.9. The predicted octanol–water partition coefficient (Wildman–Crippen LogP) is 5.88. The maximum Gasteiger partial charge on any atom is 0.311 e. The van der Waals surface area contributed by atoms with Gasteiger partial charge in [0.05, 0.1) is 24.0 Å². The van der Waals surface area contributed by atoms with Crippen LogP contribution in [0.1, 0.15) is 31.5 Å². The molecule has 0 aliphatic carbocycles. The van der Waals surface area contributed by atoms with Gasteiger partial charge in [0.25, 0.3) is 0 Å². The van der Waals surface area contributed by atoms with Crippen molar-refractivity contribution < 1.29 is 14.3 Å². The van der Waals surface area contributed by atoms with E-state index >= 15 is 0 Å². The van der Waals surface area contributed by atoms with Gasteiger partial charge in [0.2, 0.25) is 5.91 Å². The van der Waals surface area contributed by atoms with Crippen molar-refractivity contribution in [2.45, 2.75) is 43.8 Å². The monoisotopic (exact) mass is 528 g/mol. The predicted molar refractivity (Wildman–Crippen MR) is 148 cm³/mol. The number of carbonyl (C=O) groups is 2. The van der Waals surface area contributed by atoms with Crippen LogP contribution in [-0.4, -0.2) is 33.8 Å². The molecule has 0 saturated heterocycles. The second-order valence-corrected chi connectivity index (χ2v) is 10.1. The average molecular weight is 529 g/mol. The van der Waals surface area contributed by atoms with Gasteiger partial charge in [-0.1, -0.05) is 30.7 Å². The normalized spacial score (nSPS) is 11.4. The fourth-order valence-electron chi connectivity index (χ4n) is 3.06. The van der Waals surface area contributed by atoms with E-state index in [9.17, 15) is 9.59 Å². The first kappa shape index (κ1) is 26.7. The average Bonchev–Trinajstić information content (AvgIpc) is 3.25. The Bertz CT molecular complexity index is 1160. The lowest BCUT2D eigenvalue weighted by Crippen LogP contribution is -2.24. The lowest BCUT2D eigenvalue weighted by Gasteiger charge is -2.15. The van der Waals surface area contributed by atoms with Crippen molar-refractivity contribution in [3.63, 3.8) is 0 Å². The van der Waals surface area contributed by atoms with Gasteiger partial charge in [0.15, 0.2) is 10.2 Å². The van der Waals surface area contributed by atoms with Gasteiger partial charge in [-0.3, -0.25) is 9.59 Å². The van der Waals surface area contributed by atoms with Crippen LogP contribution in [0, 0.1) is 6.92 Å². The Kier molecular flexibility index (Phi) is 10.1. The molecular weight excluding hydrogens is 501 g/mol. The number of esters is 1. The lowest BCUT2D eigenvalue weighted by molar-refractivity contribution is -0.142. The summed E-state index contributed by atoms with van der Waals surface area (Å²) in [6, 6.07) is 15.8. The van der Waals surface area contributed by atoms with Crippen molar-refractivity contribution in [3.05, 3.63) is 65.2 Å². The van der Waals surface area contributed by atoms with Gasteiger partial charge >= 0.3 is 5.97 Å². The van der Waals surface area contributed by atoms with E-state index in [2.05, 4.69) is 20.9 Å². The van der Waals surface area contributed by atoms with Gasteiger partial charge in [0, 0.05) is 21.7 Å². The molecule has 1 heterocycles. The van der Waals surface area contributed by atoms with Crippen molar-refractivity contribution in [2.75, 3.05) is 22.6 Å². The first-order valence-electron chi connectivity index (χ1n) is 11.2. The topological polar surface area (TPSA) is 92.3 Å². The Hall–Kier alpha value is -2.95. The van der Waals surface area contributed by atoms with E-state index in [1.807, 2.05) is 62.4 Å². The molecule has 0 spiro atoms. The summed E-state index contributed by atoms with van der Waals surface area (Å²) >= 11 is 8.20. The molecule has 3 N–H and O–H groups in total. The number of rotatable bonds is 10. The summed E-state index contributed by atoms with van der Waals surface area (Å²) in [6.45, 7) is 6.09. The Balaban J connectivity index is 1.56. The molecule has 0 radical (unpaired) electrons. The number of benzene rings is 2. The molecule has 0 aliphatic heterocycles. The number of anilines is 3. The smallest absolute Gasteiger partial charge is 0.311 e. The van der Waals surface area contributed by atoms with Gasteiger partial charge in [-0.2, -0.15) is 0 Å². The largest absolute Gasteiger partial charge is 0.466 e. The molecule has 35 heavy (non-hydrogen) atoms. The number of hydrogen-bond acceptors (Lipinski definition) is 7. The van der Waals surface area contributed by atoms with Crippen LogP contribution in [0.2, 0.25) is 0 Å². The minimum atomic E-state index is -0.334. The lowest BCUT2D eigenvalue weighted by atomic mass is 10.2. The zero-order valence-corrected chi connectivity index (χ0v) is 22.2. The Labute approximate surface area is 219 Å². The number of amides is 1. The Morgan fingerprint density at radius 1 is 1.09 bits per heavy atom. The summed E-state index contributed by atoms with van der Waals surface area (Å²) in [4.78, 5) is 29.8. The van der Waals surface area contributed by atoms with Crippen LogP contribution in [-0.2, 0) is 20.7 Å². The van der Waals surface area contributed by atoms with E-state index in [1.165, 1.54) is 28.7 Å². The molecule has 1 aromatic heterocycles. The third-order valence-corrected chi connectivity index (χ3v) is 7.12. The van der Waals surface area contributed by atoms with Crippen LogP contribution >= 0.6 is 35.3 Å². The first-order chi connectivity index (χ1) is 16.9. The van der Waals surface area contributed by atoms with Crippen LogP contribution < -0.4 is 16.0 Å². The number of thioether (sulfide) groups is 1. The number of hydrogen-bond donors (Lipinski definition) is 3. The number of nitrogens with zero attached hydrogens (tertiary/aromatic N) is 1. The molecule has 0 saturated carbocycles. The van der Waals surface area contributed by atoms with Crippen LogP contribution in [0.5, 0.6) is 0 Å². The van der Waals surface area contributed by atoms with Gasteiger partial charge in [-0.15, -0.1) is 23.1 Å². The summed E-state index contributed by atoms with van der Waals surface area (Å²) in [5, 5.41) is 11.6. The summed E-state index contributed by atoms with van der Waals surface area (Å²) in [5.74, 6) is -0.468. The Morgan fingerprint density at radius 2 is 1.83 bits per heavy atom. The van der Waals surface area contributed by atoms with Crippen molar-refractivity contribution in [1.82, 2.24) is 4.98 Å². The number of thiazole rings is 1. The summed E-state index contributed by atoms with van der Waals surface area (Å²) in [7, 11) is 0. The molecule has 3 aromatic rings. The summed E-state index contributed by atoms with van der Waals surface area (Å²) in [5.41, 5.74) is 3.51. The van der Waals surface area contributed by atoms with Crippen LogP contribution in [0.3, 0.4) is 0 Å². The van der Waals surface area contributed by atoms with E-state index in [4.69, 9.17) is 17.0 Å². The van der Waals surface area contributed by atoms with Crippen molar-refractivity contribution in [3.8, 4) is 0 Å². The van der Waals surface area contributed by atoms with Crippen LogP contribution in [0.4, 0.5) is 16.5 Å².